The number of hydrogen-bond acceptors (Lipinski definition) is 5. The van der Waals surface area contributed by atoms with Gasteiger partial charge in [-0.15, -0.1) is 0 Å². The van der Waals surface area contributed by atoms with E-state index in [1.54, 1.807) is 18.2 Å². The third-order valence-electron chi connectivity index (χ3n) is 4.84. The second-order valence-electron chi connectivity index (χ2n) is 6.88. The van der Waals surface area contributed by atoms with Gasteiger partial charge in [-0.1, -0.05) is 30.3 Å². The molecule has 0 atom stereocenters. The van der Waals surface area contributed by atoms with Crippen LogP contribution in [-0.2, 0) is 6.18 Å². The van der Waals surface area contributed by atoms with Gasteiger partial charge in [0.05, 0.1) is 28.6 Å². The Labute approximate surface area is 184 Å². The number of hydrogen-bond donors (Lipinski definition) is 2. The number of nitrogens with zero attached hydrogens (tertiary/aromatic N) is 3. The van der Waals surface area contributed by atoms with Crippen LogP contribution in [0.15, 0.2) is 83.0 Å². The van der Waals surface area contributed by atoms with Gasteiger partial charge < -0.3 is 5.11 Å². The second kappa shape index (κ2) is 8.58. The molecule has 0 saturated heterocycles. The third kappa shape index (κ3) is 4.18. The molecular formula is C23H15F3N4O3. The zero-order valence-corrected chi connectivity index (χ0v) is 16.7. The van der Waals surface area contributed by atoms with Crippen molar-refractivity contribution >= 4 is 22.9 Å². The molecule has 7 nitrogen and oxygen atoms in total. The van der Waals surface area contributed by atoms with E-state index in [1.165, 1.54) is 42.7 Å². The molecule has 0 unspecified atom stereocenters. The summed E-state index contributed by atoms with van der Waals surface area (Å²) >= 11 is 0. The summed E-state index contributed by atoms with van der Waals surface area (Å²) in [6.45, 7) is 0. The van der Waals surface area contributed by atoms with Crippen LogP contribution >= 0.6 is 0 Å². The highest BCUT2D eigenvalue weighted by Crippen LogP contribution is 2.35. The number of halogens is 3. The number of carbonyl (C=O) groups is 1. The molecule has 2 N–H and O–H groups in total. The number of aromatic hydroxyl groups is 1. The van der Waals surface area contributed by atoms with Gasteiger partial charge in [-0.05, 0) is 30.3 Å². The number of fused-ring (bicyclic) bond motifs is 1. The Balaban J connectivity index is 1.87. The summed E-state index contributed by atoms with van der Waals surface area (Å²) in [5.41, 5.74) is -0.0210. The fraction of sp³-hybridized carbons (Fsp3) is 0.0435. The normalized spacial score (nSPS) is 11.7. The van der Waals surface area contributed by atoms with E-state index in [1.807, 2.05) is 0 Å². The van der Waals surface area contributed by atoms with Gasteiger partial charge in [-0.2, -0.15) is 18.3 Å². The Morgan fingerprint density at radius 3 is 2.42 bits per heavy atom. The topological polar surface area (TPSA) is 96.6 Å². The molecule has 0 radical (unpaired) electrons. The van der Waals surface area contributed by atoms with E-state index in [2.05, 4.69) is 15.5 Å². The van der Waals surface area contributed by atoms with Gasteiger partial charge in [-0.3, -0.25) is 14.6 Å². The molecular weight excluding hydrogens is 437 g/mol. The highest BCUT2D eigenvalue weighted by molar-refractivity contribution is 6.02. The molecule has 33 heavy (non-hydrogen) atoms. The largest absolute Gasteiger partial charge is 0.494 e. The molecule has 0 fully saturated rings. The number of carbonyl (C=O) groups excluding carboxylic acids is 1. The summed E-state index contributed by atoms with van der Waals surface area (Å²) in [5.74, 6) is -1.34. The molecule has 2 heterocycles. The minimum atomic E-state index is -4.76. The lowest BCUT2D eigenvalue weighted by Crippen LogP contribution is -2.23. The quantitative estimate of drug-likeness (QED) is 0.363. The summed E-state index contributed by atoms with van der Waals surface area (Å²) in [6, 6.07) is 13.6. The van der Waals surface area contributed by atoms with Crippen LogP contribution in [0, 0.1) is 0 Å². The SMILES string of the molecule is O=C(NN=Cc1c(O)n(-c2ccccc2C(F)(F)F)c(=O)c2ccccc12)c1cccnc1. The first-order chi connectivity index (χ1) is 15.8. The predicted molar refractivity (Wildman–Crippen MR) is 116 cm³/mol. The number of amides is 1. The summed E-state index contributed by atoms with van der Waals surface area (Å²) < 4.78 is 41.3. The van der Waals surface area contributed by atoms with Crippen molar-refractivity contribution in [2.75, 3.05) is 0 Å². The lowest BCUT2D eigenvalue weighted by molar-refractivity contribution is -0.137. The van der Waals surface area contributed by atoms with Crippen molar-refractivity contribution in [1.82, 2.24) is 15.0 Å². The van der Waals surface area contributed by atoms with Crippen molar-refractivity contribution in [3.05, 3.63) is 100 Å². The maximum absolute atomic E-state index is 13.6. The first kappa shape index (κ1) is 21.8. The minimum Gasteiger partial charge on any atom is -0.494 e. The summed E-state index contributed by atoms with van der Waals surface area (Å²) in [7, 11) is 0. The van der Waals surface area contributed by atoms with E-state index in [9.17, 15) is 27.9 Å². The Morgan fingerprint density at radius 2 is 1.73 bits per heavy atom. The summed E-state index contributed by atoms with van der Waals surface area (Å²) in [6.07, 6.45) is -0.879. The maximum Gasteiger partial charge on any atom is 0.418 e. The van der Waals surface area contributed by atoms with E-state index >= 15 is 0 Å². The van der Waals surface area contributed by atoms with Crippen LogP contribution in [0.2, 0.25) is 0 Å². The third-order valence-corrected chi connectivity index (χ3v) is 4.84. The Morgan fingerprint density at radius 1 is 1.03 bits per heavy atom. The smallest absolute Gasteiger partial charge is 0.418 e. The fourth-order valence-corrected chi connectivity index (χ4v) is 3.34. The molecule has 2 aromatic carbocycles. The Bertz CT molecular complexity index is 1430. The molecule has 0 aliphatic heterocycles. The van der Waals surface area contributed by atoms with Crippen LogP contribution in [0.5, 0.6) is 5.88 Å². The molecule has 4 rings (SSSR count). The molecule has 4 aromatic rings. The molecule has 0 bridgehead atoms. The average Bonchev–Trinajstić information content (AvgIpc) is 2.81. The molecule has 0 saturated carbocycles. The van der Waals surface area contributed by atoms with Crippen molar-refractivity contribution < 1.29 is 23.1 Å². The van der Waals surface area contributed by atoms with E-state index in [-0.39, 0.29) is 21.9 Å². The number of alkyl halides is 3. The van der Waals surface area contributed by atoms with Gasteiger partial charge in [0.25, 0.3) is 11.5 Å². The van der Waals surface area contributed by atoms with Gasteiger partial charge in [-0.25, -0.2) is 9.99 Å². The second-order valence-corrected chi connectivity index (χ2v) is 6.88. The first-order valence-corrected chi connectivity index (χ1v) is 9.56. The van der Waals surface area contributed by atoms with Crippen molar-refractivity contribution in [2.24, 2.45) is 5.10 Å². The molecule has 0 aliphatic rings. The van der Waals surface area contributed by atoms with Crippen LogP contribution in [0.1, 0.15) is 21.5 Å². The van der Waals surface area contributed by atoms with Gasteiger partial charge >= 0.3 is 6.18 Å². The highest BCUT2D eigenvalue weighted by atomic mass is 19.4. The number of para-hydroxylation sites is 1. The van der Waals surface area contributed by atoms with Crippen LogP contribution in [0.4, 0.5) is 13.2 Å². The number of rotatable bonds is 4. The van der Waals surface area contributed by atoms with E-state index < -0.39 is 34.8 Å². The fourth-order valence-electron chi connectivity index (χ4n) is 3.34. The lowest BCUT2D eigenvalue weighted by atomic mass is 10.1. The van der Waals surface area contributed by atoms with Crippen molar-refractivity contribution in [3.8, 4) is 11.6 Å². The minimum absolute atomic E-state index is 0.0475. The zero-order chi connectivity index (χ0) is 23.6. The lowest BCUT2D eigenvalue weighted by Gasteiger charge is -2.17. The van der Waals surface area contributed by atoms with Gasteiger partial charge in [0, 0.05) is 23.2 Å². The van der Waals surface area contributed by atoms with E-state index in [0.29, 0.717) is 4.57 Å². The molecule has 0 spiro atoms. The van der Waals surface area contributed by atoms with Crippen LogP contribution < -0.4 is 11.0 Å². The number of hydrazone groups is 1. The number of aromatic nitrogens is 2. The van der Waals surface area contributed by atoms with E-state index in [4.69, 9.17) is 0 Å². The maximum atomic E-state index is 13.6. The van der Waals surface area contributed by atoms with Crippen molar-refractivity contribution in [2.45, 2.75) is 6.18 Å². The first-order valence-electron chi connectivity index (χ1n) is 9.56. The van der Waals surface area contributed by atoms with Crippen molar-refractivity contribution in [1.29, 1.82) is 0 Å². The molecule has 1 amide bonds. The van der Waals surface area contributed by atoms with Gasteiger partial charge in [0.1, 0.15) is 0 Å². The molecule has 0 aliphatic carbocycles. The van der Waals surface area contributed by atoms with Gasteiger partial charge in [0.2, 0.25) is 5.88 Å². The number of pyridine rings is 2. The van der Waals surface area contributed by atoms with Crippen LogP contribution in [0.25, 0.3) is 16.5 Å². The standard InChI is InChI=1S/C23H15F3N4O3/c24-23(25,26)18-9-3-4-10-19(18)30-21(32)16-8-2-1-7-15(16)17(22(30)33)13-28-29-20(31)14-6-5-11-27-12-14/h1-13,33H,(H,29,31). The highest BCUT2D eigenvalue weighted by Gasteiger charge is 2.34. The van der Waals surface area contributed by atoms with Crippen LogP contribution in [-0.4, -0.2) is 26.8 Å². The Kier molecular flexibility index (Phi) is 5.65. The average molecular weight is 452 g/mol. The molecule has 10 heteroatoms. The molecule has 2 aromatic heterocycles. The Hall–Kier alpha value is -4.47. The zero-order valence-electron chi connectivity index (χ0n) is 16.7. The van der Waals surface area contributed by atoms with Crippen molar-refractivity contribution in [3.63, 3.8) is 0 Å². The molecule has 166 valence electrons. The summed E-state index contributed by atoms with van der Waals surface area (Å²) in [5, 5.41) is 15.0. The number of benzene rings is 2. The van der Waals surface area contributed by atoms with E-state index in [0.717, 1.165) is 18.3 Å². The van der Waals surface area contributed by atoms with Gasteiger partial charge in [0.15, 0.2) is 0 Å². The predicted octanol–water partition coefficient (Wildman–Crippen LogP) is 3.87. The number of nitrogens with one attached hydrogen (secondary N) is 1. The summed E-state index contributed by atoms with van der Waals surface area (Å²) in [4.78, 5) is 29.1. The monoisotopic (exact) mass is 452 g/mol. The van der Waals surface area contributed by atoms with Crippen LogP contribution in [0.3, 0.4) is 0 Å².